The summed E-state index contributed by atoms with van der Waals surface area (Å²) >= 11 is 3.32. The molecule has 7 nitrogen and oxygen atoms in total. The maximum atomic E-state index is 14.0. The fraction of sp³-hybridized carbons (Fsp3) is 0.200. The Balaban J connectivity index is 2.14. The van der Waals surface area contributed by atoms with E-state index in [9.17, 15) is 40.0 Å². The van der Waals surface area contributed by atoms with Crippen molar-refractivity contribution in [2.75, 3.05) is 0 Å². The van der Waals surface area contributed by atoms with E-state index in [2.05, 4.69) is 11.3 Å². The first-order chi connectivity index (χ1) is 18.3. The Hall–Kier alpha value is -2.38. The minimum Gasteiger partial charge on any atom is -0.441 e. The van der Waals surface area contributed by atoms with E-state index in [0.29, 0.717) is 14.7 Å². The van der Waals surface area contributed by atoms with Crippen molar-refractivity contribution >= 4 is 84.1 Å². The quantitative estimate of drug-likeness (QED) is 0.0893. The van der Waals surface area contributed by atoms with E-state index in [-0.39, 0.29) is 25.7 Å². The zero-order valence-corrected chi connectivity index (χ0v) is 25.4. The third kappa shape index (κ3) is 6.25. The van der Waals surface area contributed by atoms with Gasteiger partial charge in [-0.15, -0.1) is 0 Å². The number of ether oxygens (including phenoxy) is 2. The Morgan fingerprint density at radius 2 is 1.55 bits per heavy atom. The van der Waals surface area contributed by atoms with Crippen LogP contribution in [0.4, 0.5) is 22.0 Å². The van der Waals surface area contributed by atoms with Gasteiger partial charge in [-0.05, 0) is 87.9 Å². The van der Waals surface area contributed by atoms with Crippen molar-refractivity contribution in [1.29, 1.82) is 0 Å². The van der Waals surface area contributed by atoms with E-state index in [4.69, 9.17) is 9.29 Å². The SMILES string of the molecule is C=Cc1cc(C)c(C(=O)Oc2cc(I)c(C(=O)OC(C(F)(F)F)C(F)(F)S(=O)(=O)O)c3cccc(I)c23)c(C)c1. The summed E-state index contributed by atoms with van der Waals surface area (Å²) in [6.07, 6.45) is -8.99. The number of carbonyl (C=O) groups excluding carboxylic acids is 2. The van der Waals surface area contributed by atoms with E-state index in [1.165, 1.54) is 40.8 Å². The highest BCUT2D eigenvalue weighted by Gasteiger charge is 2.66. The van der Waals surface area contributed by atoms with Crippen LogP contribution >= 0.6 is 45.2 Å². The maximum absolute atomic E-state index is 14.0. The van der Waals surface area contributed by atoms with Crippen molar-refractivity contribution in [1.82, 2.24) is 0 Å². The smallest absolute Gasteiger partial charge is 0.432 e. The lowest BCUT2D eigenvalue weighted by atomic mass is 9.99. The van der Waals surface area contributed by atoms with Gasteiger partial charge in [-0.25, -0.2) is 9.59 Å². The number of aryl methyl sites for hydroxylation is 2. The zero-order chi connectivity index (χ0) is 30.4. The van der Waals surface area contributed by atoms with E-state index in [1.54, 1.807) is 32.1 Å². The second kappa shape index (κ2) is 11.5. The molecule has 0 saturated heterocycles. The summed E-state index contributed by atoms with van der Waals surface area (Å²) in [6, 6.07) is 8.74. The van der Waals surface area contributed by atoms with Crippen LogP contribution in [0.5, 0.6) is 5.75 Å². The third-order valence-corrected chi connectivity index (χ3v) is 8.25. The van der Waals surface area contributed by atoms with E-state index in [1.807, 2.05) is 22.6 Å². The van der Waals surface area contributed by atoms with Crippen molar-refractivity contribution < 1.29 is 54.0 Å². The van der Waals surface area contributed by atoms with Gasteiger partial charge in [0.25, 0.3) is 6.10 Å². The van der Waals surface area contributed by atoms with Crippen LogP contribution < -0.4 is 4.74 Å². The normalized spacial score (nSPS) is 13.2. The number of alkyl halides is 5. The molecule has 3 aromatic carbocycles. The standard InChI is InChI=1S/C25H17F5I2O7S/c1-4-13-8-11(2)18(12(3)9-13)21(33)38-17-10-16(32)20(14-6-5-7-15(31)19(14)17)22(34)39-23(24(26,27)28)25(29,30)40(35,36)37/h4-10,23H,1H2,2-3H3,(H,35,36,37). The monoisotopic (exact) mass is 810 g/mol. The van der Waals surface area contributed by atoms with Crippen LogP contribution in [-0.2, 0) is 14.9 Å². The molecule has 0 spiro atoms. The van der Waals surface area contributed by atoms with Crippen molar-refractivity contribution in [2.24, 2.45) is 0 Å². The summed E-state index contributed by atoms with van der Waals surface area (Å²) in [7, 11) is -6.63. The van der Waals surface area contributed by atoms with Crippen LogP contribution in [0.3, 0.4) is 0 Å². The molecule has 15 heteroatoms. The molecule has 0 aliphatic rings. The first kappa shape index (κ1) is 32.1. The van der Waals surface area contributed by atoms with E-state index < -0.39 is 45.2 Å². The summed E-state index contributed by atoms with van der Waals surface area (Å²) in [6.45, 7) is 7.05. The van der Waals surface area contributed by atoms with Crippen molar-refractivity contribution in [3.63, 3.8) is 0 Å². The topological polar surface area (TPSA) is 107 Å². The number of carbonyl (C=O) groups is 2. The fourth-order valence-electron chi connectivity index (χ4n) is 3.87. The highest BCUT2D eigenvalue weighted by atomic mass is 127. The van der Waals surface area contributed by atoms with Crippen LogP contribution in [-0.4, -0.2) is 42.4 Å². The Bertz CT molecular complexity index is 1630. The van der Waals surface area contributed by atoms with Crippen LogP contribution in [0.2, 0.25) is 0 Å². The molecule has 0 amide bonds. The second-order valence-electron chi connectivity index (χ2n) is 8.38. The lowest BCUT2D eigenvalue weighted by Crippen LogP contribution is -2.52. The first-order valence-electron chi connectivity index (χ1n) is 10.8. The molecule has 214 valence electrons. The minimum atomic E-state index is -6.63. The summed E-state index contributed by atoms with van der Waals surface area (Å²) < 4.78 is 109. The highest BCUT2D eigenvalue weighted by molar-refractivity contribution is 14.1. The predicted molar refractivity (Wildman–Crippen MR) is 152 cm³/mol. The lowest BCUT2D eigenvalue weighted by Gasteiger charge is -2.26. The fourth-order valence-corrected chi connectivity index (χ4v) is 5.88. The zero-order valence-electron chi connectivity index (χ0n) is 20.3. The van der Waals surface area contributed by atoms with Gasteiger partial charge in [0, 0.05) is 17.9 Å². The van der Waals surface area contributed by atoms with Crippen molar-refractivity contribution in [3.8, 4) is 5.75 Å². The number of hydrogen-bond acceptors (Lipinski definition) is 6. The molecule has 0 aromatic heterocycles. The molecule has 0 saturated carbocycles. The predicted octanol–water partition coefficient (Wildman–Crippen LogP) is 7.10. The van der Waals surface area contributed by atoms with Crippen LogP contribution in [0.1, 0.15) is 37.4 Å². The summed E-state index contributed by atoms with van der Waals surface area (Å²) in [4.78, 5) is 26.0. The van der Waals surface area contributed by atoms with Gasteiger partial charge >= 0.3 is 33.5 Å². The van der Waals surface area contributed by atoms with Gasteiger partial charge in [-0.3, -0.25) is 4.55 Å². The molecule has 1 N–H and O–H groups in total. The molecule has 1 unspecified atom stereocenters. The van der Waals surface area contributed by atoms with Crippen molar-refractivity contribution in [2.45, 2.75) is 31.4 Å². The second-order valence-corrected chi connectivity index (χ2v) is 12.2. The van der Waals surface area contributed by atoms with Gasteiger partial charge in [0.1, 0.15) is 5.75 Å². The average molecular weight is 810 g/mol. The molecule has 0 radical (unpaired) electrons. The molecule has 40 heavy (non-hydrogen) atoms. The molecular formula is C25H17F5I2O7S. The number of hydrogen-bond donors (Lipinski definition) is 1. The molecule has 1 atom stereocenters. The Labute approximate surface area is 251 Å². The van der Waals surface area contributed by atoms with Crippen LogP contribution in [0.15, 0.2) is 43.0 Å². The van der Waals surface area contributed by atoms with Gasteiger partial charge in [0.05, 0.1) is 11.1 Å². The van der Waals surface area contributed by atoms with Gasteiger partial charge in [0.15, 0.2) is 0 Å². The molecule has 0 bridgehead atoms. The number of rotatable bonds is 7. The molecule has 0 fully saturated rings. The number of fused-ring (bicyclic) bond motifs is 1. The van der Waals surface area contributed by atoms with Gasteiger partial charge in [-0.1, -0.05) is 36.9 Å². The first-order valence-corrected chi connectivity index (χ1v) is 14.4. The molecular weight excluding hydrogens is 793 g/mol. The van der Waals surface area contributed by atoms with E-state index in [0.717, 1.165) is 11.6 Å². The Kier molecular flexibility index (Phi) is 9.22. The Morgan fingerprint density at radius 3 is 2.05 bits per heavy atom. The molecule has 0 heterocycles. The number of benzene rings is 3. The van der Waals surface area contributed by atoms with Gasteiger partial charge < -0.3 is 9.47 Å². The van der Waals surface area contributed by atoms with E-state index >= 15 is 0 Å². The van der Waals surface area contributed by atoms with Gasteiger partial charge in [-0.2, -0.15) is 30.4 Å². The molecule has 0 aliphatic carbocycles. The molecule has 3 rings (SSSR count). The molecule has 0 aliphatic heterocycles. The highest BCUT2D eigenvalue weighted by Crippen LogP contribution is 2.41. The van der Waals surface area contributed by atoms with Gasteiger partial charge in [0.2, 0.25) is 0 Å². The maximum Gasteiger partial charge on any atom is 0.432 e. The molecule has 3 aromatic rings. The minimum absolute atomic E-state index is 0.0759. The third-order valence-electron chi connectivity index (χ3n) is 5.60. The number of esters is 2. The van der Waals surface area contributed by atoms with Crippen LogP contribution in [0.25, 0.3) is 16.8 Å². The lowest BCUT2D eigenvalue weighted by molar-refractivity contribution is -0.248. The summed E-state index contributed by atoms with van der Waals surface area (Å²) in [5.41, 5.74) is 1.53. The summed E-state index contributed by atoms with van der Waals surface area (Å²) in [5, 5.41) is -5.95. The van der Waals surface area contributed by atoms with Crippen LogP contribution in [0, 0.1) is 21.0 Å². The summed E-state index contributed by atoms with van der Waals surface area (Å²) in [5.74, 6) is -2.82. The van der Waals surface area contributed by atoms with Crippen molar-refractivity contribution in [3.05, 3.63) is 77.9 Å². The largest absolute Gasteiger partial charge is 0.441 e. The average Bonchev–Trinajstić information content (AvgIpc) is 2.80. The Morgan fingerprint density at radius 1 is 0.975 bits per heavy atom. The number of halogens is 7.